The largest absolute Gasteiger partial charge is 0.350 e. The summed E-state index contributed by atoms with van der Waals surface area (Å²) in [5, 5.41) is 0. The topological polar surface area (TPSA) is 114 Å². The van der Waals surface area contributed by atoms with Crippen LogP contribution in [0.3, 0.4) is 0 Å². The maximum Gasteiger partial charge on any atom is 0.247 e. The van der Waals surface area contributed by atoms with Crippen molar-refractivity contribution in [1.29, 1.82) is 0 Å². The first kappa shape index (κ1) is 29.7. The van der Waals surface area contributed by atoms with E-state index in [1.54, 1.807) is 0 Å². The van der Waals surface area contributed by atoms with Gasteiger partial charge in [0.1, 0.15) is 0 Å². The van der Waals surface area contributed by atoms with Crippen molar-refractivity contribution in [1.82, 2.24) is 15.3 Å². The molecular weight excluding hydrogens is 482 g/mol. The van der Waals surface area contributed by atoms with E-state index < -0.39 is 40.0 Å². The quantitative estimate of drug-likeness (QED) is 0.286. The molecular formula is C26H39N3O6S. The minimum absolute atomic E-state index is 0.0721. The Labute approximate surface area is 214 Å². The van der Waals surface area contributed by atoms with E-state index in [2.05, 4.69) is 17.5 Å². The Morgan fingerprint density at radius 2 is 1.92 bits per heavy atom. The van der Waals surface area contributed by atoms with Gasteiger partial charge in [0.25, 0.3) is 0 Å². The molecule has 1 aromatic carbocycles. The summed E-state index contributed by atoms with van der Waals surface area (Å²) in [6.45, 7) is 7.92. The number of carbonyl (C=O) groups is 2. The second-order valence-electron chi connectivity index (χ2n) is 9.33. The number of hydroxylamine groups is 1. The Hall–Kier alpha value is -2.53. The lowest BCUT2D eigenvalue weighted by molar-refractivity contribution is -0.203. The second-order valence-corrected chi connectivity index (χ2v) is 11.2. The summed E-state index contributed by atoms with van der Waals surface area (Å²) in [5.74, 6) is -2.56. The van der Waals surface area contributed by atoms with Gasteiger partial charge < -0.3 is 4.74 Å². The summed E-state index contributed by atoms with van der Waals surface area (Å²) in [6.07, 6.45) is 8.74. The van der Waals surface area contributed by atoms with E-state index in [4.69, 9.17) is 9.57 Å². The van der Waals surface area contributed by atoms with E-state index in [9.17, 15) is 18.0 Å². The molecule has 1 heterocycles. The number of ether oxygens (including phenoxy) is 1. The number of hydrogen-bond acceptors (Lipinski definition) is 6. The number of carbonyl (C=O) groups excluding carboxylic acids is 2. The van der Waals surface area contributed by atoms with Crippen LogP contribution in [0.2, 0.25) is 0 Å². The molecule has 2 rings (SSSR count). The van der Waals surface area contributed by atoms with E-state index in [-0.39, 0.29) is 18.9 Å². The Kier molecular flexibility index (Phi) is 12.3. The summed E-state index contributed by atoms with van der Waals surface area (Å²) in [4.78, 5) is 32.2. The Balaban J connectivity index is 2.27. The zero-order valence-corrected chi connectivity index (χ0v) is 22.2. The number of benzene rings is 1. The molecule has 0 radical (unpaired) electrons. The van der Waals surface area contributed by atoms with Crippen molar-refractivity contribution in [3.05, 3.63) is 54.6 Å². The molecule has 0 aliphatic carbocycles. The van der Waals surface area contributed by atoms with Crippen LogP contribution in [-0.2, 0) is 29.2 Å². The lowest BCUT2D eigenvalue weighted by atomic mass is 9.82. The number of amides is 2. The van der Waals surface area contributed by atoms with E-state index in [0.717, 1.165) is 29.1 Å². The molecule has 0 saturated carbocycles. The van der Waals surface area contributed by atoms with Crippen LogP contribution in [0, 0.1) is 17.8 Å². The van der Waals surface area contributed by atoms with E-state index in [0.29, 0.717) is 19.4 Å². The van der Waals surface area contributed by atoms with Crippen LogP contribution in [0.25, 0.3) is 6.08 Å². The maximum atomic E-state index is 13.4. The molecule has 1 fully saturated rings. The molecule has 1 saturated heterocycles. The molecule has 2 N–H and O–H groups in total. The zero-order valence-electron chi connectivity index (χ0n) is 21.4. The van der Waals surface area contributed by atoms with Gasteiger partial charge in [-0.1, -0.05) is 62.4 Å². The van der Waals surface area contributed by atoms with Crippen molar-refractivity contribution in [3.8, 4) is 0 Å². The van der Waals surface area contributed by atoms with Gasteiger partial charge >= 0.3 is 0 Å². The highest BCUT2D eigenvalue weighted by atomic mass is 32.2. The van der Waals surface area contributed by atoms with Gasteiger partial charge in [-0.25, -0.2) is 18.7 Å². The van der Waals surface area contributed by atoms with Crippen molar-refractivity contribution in [2.24, 2.45) is 17.8 Å². The number of sulfonamides is 1. The highest BCUT2D eigenvalue weighted by Gasteiger charge is 2.35. The van der Waals surface area contributed by atoms with Crippen LogP contribution in [0.4, 0.5) is 0 Å². The van der Waals surface area contributed by atoms with Gasteiger partial charge in [0.2, 0.25) is 21.8 Å². The molecule has 3 atom stereocenters. The number of rotatable bonds is 14. The summed E-state index contributed by atoms with van der Waals surface area (Å²) in [7, 11) is -3.73. The zero-order chi connectivity index (χ0) is 26.6. The van der Waals surface area contributed by atoms with Gasteiger partial charge in [0.15, 0.2) is 6.29 Å². The third kappa shape index (κ3) is 10.2. The van der Waals surface area contributed by atoms with Crippen LogP contribution in [0.5, 0.6) is 0 Å². The highest BCUT2D eigenvalue weighted by molar-refractivity contribution is 7.88. The molecule has 0 bridgehead atoms. The van der Waals surface area contributed by atoms with Gasteiger partial charge in [-0.05, 0) is 37.2 Å². The van der Waals surface area contributed by atoms with Crippen molar-refractivity contribution in [2.75, 3.05) is 19.4 Å². The van der Waals surface area contributed by atoms with E-state index in [1.807, 2.05) is 56.3 Å². The standard InChI is InChI=1S/C26H39N3O6S/c1-5-17-29(36(4,32)33)27-25(30)23(19-20(2)3)22(15-11-14-21-12-7-6-8-13-21)26(31)28-35-24-16-9-10-18-34-24/h5-8,11-14,20,22-24H,1,9-10,15-19H2,2-4H3,(H,27,30)(H,28,31)/t22-,23+,24?/m0/s1. The average Bonchev–Trinajstić information content (AvgIpc) is 2.84. The van der Waals surface area contributed by atoms with E-state index in [1.165, 1.54) is 6.08 Å². The van der Waals surface area contributed by atoms with Gasteiger partial charge in [0.05, 0.1) is 24.6 Å². The molecule has 10 heteroatoms. The molecule has 0 aromatic heterocycles. The number of nitrogens with one attached hydrogen (secondary N) is 2. The average molecular weight is 522 g/mol. The molecule has 1 aromatic rings. The number of hydrazine groups is 1. The highest BCUT2D eigenvalue weighted by Crippen LogP contribution is 2.26. The number of hydrogen-bond donors (Lipinski definition) is 2. The van der Waals surface area contributed by atoms with Crippen LogP contribution in [0.1, 0.15) is 51.5 Å². The molecule has 2 amide bonds. The number of nitrogens with zero attached hydrogens (tertiary/aromatic N) is 1. The fraction of sp³-hybridized carbons (Fsp3) is 0.538. The summed E-state index contributed by atoms with van der Waals surface area (Å²) >= 11 is 0. The first-order valence-corrected chi connectivity index (χ1v) is 14.1. The molecule has 1 aliphatic heterocycles. The lowest BCUT2D eigenvalue weighted by Crippen LogP contribution is -2.51. The predicted octanol–water partition coefficient (Wildman–Crippen LogP) is 3.42. The van der Waals surface area contributed by atoms with Crippen molar-refractivity contribution in [3.63, 3.8) is 0 Å². The molecule has 0 spiro atoms. The molecule has 36 heavy (non-hydrogen) atoms. The third-order valence-corrected chi connectivity index (χ3v) is 6.78. The van der Waals surface area contributed by atoms with Gasteiger partial charge in [-0.2, -0.15) is 0 Å². The fourth-order valence-electron chi connectivity index (χ4n) is 3.92. The molecule has 1 unspecified atom stereocenters. The first-order valence-electron chi connectivity index (χ1n) is 12.3. The Bertz CT molecular complexity index is 975. The lowest BCUT2D eigenvalue weighted by Gasteiger charge is -2.29. The third-order valence-electron chi connectivity index (χ3n) is 5.74. The minimum atomic E-state index is -3.73. The monoisotopic (exact) mass is 521 g/mol. The summed E-state index contributed by atoms with van der Waals surface area (Å²) < 4.78 is 30.7. The Morgan fingerprint density at radius 3 is 2.50 bits per heavy atom. The van der Waals surface area contributed by atoms with Crippen LogP contribution < -0.4 is 10.9 Å². The SMILES string of the molecule is C=CCN(NC(=O)[C@H](CC(C)C)[C@H](CC=Cc1ccccc1)C(=O)NOC1CCCCO1)S(C)(=O)=O. The minimum Gasteiger partial charge on any atom is -0.350 e. The summed E-state index contributed by atoms with van der Waals surface area (Å²) in [6, 6.07) is 9.62. The second kappa shape index (κ2) is 14.9. The van der Waals surface area contributed by atoms with Gasteiger partial charge in [-0.15, -0.1) is 11.0 Å². The van der Waals surface area contributed by atoms with Crippen LogP contribution in [-0.4, -0.2) is 50.3 Å². The van der Waals surface area contributed by atoms with Crippen molar-refractivity contribution < 1.29 is 27.6 Å². The normalized spacial score (nSPS) is 18.2. The number of allylic oxidation sites excluding steroid dienone is 1. The molecule has 200 valence electrons. The molecule has 1 aliphatic rings. The van der Waals surface area contributed by atoms with Crippen LogP contribution >= 0.6 is 0 Å². The van der Waals surface area contributed by atoms with Crippen molar-refractivity contribution in [2.45, 2.75) is 52.2 Å². The molecule has 9 nitrogen and oxygen atoms in total. The fourth-order valence-corrected chi connectivity index (χ4v) is 4.55. The summed E-state index contributed by atoms with van der Waals surface area (Å²) in [5.41, 5.74) is 5.93. The van der Waals surface area contributed by atoms with E-state index >= 15 is 0 Å². The van der Waals surface area contributed by atoms with Gasteiger partial charge in [0, 0.05) is 13.0 Å². The Morgan fingerprint density at radius 1 is 1.19 bits per heavy atom. The van der Waals surface area contributed by atoms with Crippen LogP contribution in [0.15, 0.2) is 49.1 Å². The first-order chi connectivity index (χ1) is 17.1. The maximum absolute atomic E-state index is 13.4. The smallest absolute Gasteiger partial charge is 0.247 e. The van der Waals surface area contributed by atoms with Crippen molar-refractivity contribution >= 4 is 27.9 Å². The van der Waals surface area contributed by atoms with Gasteiger partial charge in [-0.3, -0.25) is 15.0 Å². The predicted molar refractivity (Wildman–Crippen MR) is 139 cm³/mol.